The van der Waals surface area contributed by atoms with Crippen molar-refractivity contribution in [3.8, 4) is 0 Å². The Labute approximate surface area is 180 Å². The second-order valence-electron chi connectivity index (χ2n) is 6.69. The third-order valence-corrected chi connectivity index (χ3v) is 6.78. The maximum Gasteiger partial charge on any atom is 0.325 e. The Morgan fingerprint density at radius 3 is 2.69 bits per heavy atom. The van der Waals surface area contributed by atoms with Gasteiger partial charge in [0, 0.05) is 17.8 Å². The summed E-state index contributed by atoms with van der Waals surface area (Å²) in [5.74, 6) is 0.0247. The van der Waals surface area contributed by atoms with Gasteiger partial charge in [0.15, 0.2) is 10.9 Å². The molecule has 2 heterocycles. The number of carbonyl (C=O) groups excluding carboxylic acids is 2. The van der Waals surface area contributed by atoms with E-state index in [1.54, 1.807) is 12.1 Å². The molecule has 3 rings (SSSR count). The van der Waals surface area contributed by atoms with Crippen molar-refractivity contribution in [3.05, 3.63) is 33.5 Å². The summed E-state index contributed by atoms with van der Waals surface area (Å²) in [6.07, 6.45) is 6.43. The lowest BCUT2D eigenvalue weighted by Crippen LogP contribution is -2.22. The highest BCUT2D eigenvalue weighted by Gasteiger charge is 2.25. The van der Waals surface area contributed by atoms with E-state index in [4.69, 9.17) is 0 Å². The highest BCUT2D eigenvalue weighted by molar-refractivity contribution is 9.11. The summed E-state index contributed by atoms with van der Waals surface area (Å²) in [7, 11) is -3.35. The van der Waals surface area contributed by atoms with Gasteiger partial charge in [-0.1, -0.05) is 24.2 Å². The van der Waals surface area contributed by atoms with Gasteiger partial charge < -0.3 is 5.32 Å². The van der Waals surface area contributed by atoms with Gasteiger partial charge in [-0.05, 0) is 40.9 Å². The SMILES string of the molecule is CS(=O)(=O)NCc1nc(NC(=O)Nc2ccnc(C(=O)C3CCCC3)c2)sc1Br. The first-order valence-electron chi connectivity index (χ1n) is 8.89. The zero-order valence-electron chi connectivity index (χ0n) is 15.6. The molecular weight excluding hydrogens is 482 g/mol. The van der Waals surface area contributed by atoms with Crippen molar-refractivity contribution in [3.63, 3.8) is 0 Å². The number of urea groups is 1. The van der Waals surface area contributed by atoms with Crippen LogP contribution in [0.5, 0.6) is 0 Å². The number of thiazole rings is 1. The van der Waals surface area contributed by atoms with Gasteiger partial charge in [-0.2, -0.15) is 0 Å². The minimum Gasteiger partial charge on any atom is -0.308 e. The first-order chi connectivity index (χ1) is 13.7. The van der Waals surface area contributed by atoms with E-state index < -0.39 is 16.1 Å². The van der Waals surface area contributed by atoms with Crippen LogP contribution in [0.25, 0.3) is 0 Å². The first-order valence-corrected chi connectivity index (χ1v) is 12.4. The fraction of sp³-hybridized carbons (Fsp3) is 0.412. The summed E-state index contributed by atoms with van der Waals surface area (Å²) in [6.45, 7) is 0.0101. The van der Waals surface area contributed by atoms with Gasteiger partial charge in [0.2, 0.25) is 10.0 Å². The maximum atomic E-state index is 12.5. The molecule has 2 aromatic heterocycles. The molecule has 1 fully saturated rings. The number of hydrogen-bond donors (Lipinski definition) is 3. The minimum absolute atomic E-state index is 0.0101. The predicted octanol–water partition coefficient (Wildman–Crippen LogP) is 3.37. The van der Waals surface area contributed by atoms with Crippen LogP contribution in [-0.4, -0.2) is 36.5 Å². The molecule has 9 nitrogen and oxygen atoms in total. The number of Topliss-reactive ketones (excluding diaryl/α,β-unsaturated/α-hetero) is 1. The van der Waals surface area contributed by atoms with E-state index in [1.165, 1.54) is 6.20 Å². The smallest absolute Gasteiger partial charge is 0.308 e. The molecule has 1 aliphatic rings. The fourth-order valence-corrected chi connectivity index (χ4v) is 4.79. The standard InChI is InChI=1S/C17H20BrN5O4S2/c1-29(26,27)20-9-13-15(18)28-17(22-13)23-16(25)21-11-6-7-19-12(8-11)14(24)10-4-2-3-5-10/h6-8,10,20H,2-5,9H2,1H3,(H2,19,21,22,23,25). The number of rotatable bonds is 7. The Bertz CT molecular complexity index is 1020. The molecule has 0 aliphatic heterocycles. The lowest BCUT2D eigenvalue weighted by Gasteiger charge is -2.09. The number of amides is 2. The molecule has 1 aliphatic carbocycles. The Morgan fingerprint density at radius 1 is 1.28 bits per heavy atom. The summed E-state index contributed by atoms with van der Waals surface area (Å²) in [5, 5.41) is 5.56. The third kappa shape index (κ3) is 6.29. The summed E-state index contributed by atoms with van der Waals surface area (Å²) in [5.41, 5.74) is 1.26. The van der Waals surface area contributed by atoms with Crippen LogP contribution < -0.4 is 15.4 Å². The molecule has 156 valence electrons. The molecule has 0 atom stereocenters. The molecule has 29 heavy (non-hydrogen) atoms. The average Bonchev–Trinajstić information content (AvgIpc) is 3.29. The maximum absolute atomic E-state index is 12.5. The van der Waals surface area contributed by atoms with Gasteiger partial charge in [-0.25, -0.2) is 22.9 Å². The summed E-state index contributed by atoms with van der Waals surface area (Å²) in [6, 6.07) is 2.64. The average molecular weight is 502 g/mol. The summed E-state index contributed by atoms with van der Waals surface area (Å²) >= 11 is 4.46. The summed E-state index contributed by atoms with van der Waals surface area (Å²) in [4.78, 5) is 33.1. The predicted molar refractivity (Wildman–Crippen MR) is 115 cm³/mol. The van der Waals surface area contributed by atoms with Crippen molar-refractivity contribution in [1.82, 2.24) is 14.7 Å². The number of carbonyl (C=O) groups is 2. The quantitative estimate of drug-likeness (QED) is 0.498. The van der Waals surface area contributed by atoms with E-state index in [2.05, 4.69) is 41.3 Å². The number of hydrogen-bond acceptors (Lipinski definition) is 7. The molecule has 2 aromatic rings. The van der Waals surface area contributed by atoms with Gasteiger partial charge >= 0.3 is 6.03 Å². The number of ketones is 1. The number of halogens is 1. The number of sulfonamides is 1. The van der Waals surface area contributed by atoms with E-state index in [-0.39, 0.29) is 18.2 Å². The van der Waals surface area contributed by atoms with Crippen molar-refractivity contribution in [2.75, 3.05) is 16.9 Å². The van der Waals surface area contributed by atoms with E-state index in [1.807, 2.05) is 0 Å². The van der Waals surface area contributed by atoms with Crippen LogP contribution in [-0.2, 0) is 16.6 Å². The fourth-order valence-electron chi connectivity index (χ4n) is 2.99. The van der Waals surface area contributed by atoms with E-state index >= 15 is 0 Å². The zero-order chi connectivity index (χ0) is 21.0. The Kier molecular flexibility index (Phi) is 6.98. The van der Waals surface area contributed by atoms with Crippen LogP contribution in [0.1, 0.15) is 41.9 Å². The number of nitrogens with zero attached hydrogens (tertiary/aromatic N) is 2. The molecule has 0 aromatic carbocycles. The normalized spacial score (nSPS) is 14.7. The number of anilines is 2. The summed E-state index contributed by atoms with van der Waals surface area (Å²) < 4.78 is 25.4. The molecule has 0 spiro atoms. The van der Waals surface area contributed by atoms with Crippen LogP contribution >= 0.6 is 27.3 Å². The monoisotopic (exact) mass is 501 g/mol. The van der Waals surface area contributed by atoms with Crippen molar-refractivity contribution < 1.29 is 18.0 Å². The van der Waals surface area contributed by atoms with Crippen molar-refractivity contribution in [2.24, 2.45) is 5.92 Å². The van der Waals surface area contributed by atoms with Gasteiger partial charge in [-0.15, -0.1) is 0 Å². The first kappa shape index (κ1) is 21.8. The van der Waals surface area contributed by atoms with E-state index in [0.717, 1.165) is 43.3 Å². The Hall–Kier alpha value is -1.89. The molecule has 0 radical (unpaired) electrons. The van der Waals surface area contributed by atoms with Gasteiger partial charge in [0.25, 0.3) is 0 Å². The molecule has 3 N–H and O–H groups in total. The van der Waals surface area contributed by atoms with Gasteiger partial charge in [0.1, 0.15) is 5.69 Å². The molecule has 1 saturated carbocycles. The Balaban J connectivity index is 1.61. The van der Waals surface area contributed by atoms with Crippen molar-refractivity contribution in [2.45, 2.75) is 32.2 Å². The largest absolute Gasteiger partial charge is 0.325 e. The lowest BCUT2D eigenvalue weighted by atomic mass is 9.99. The number of pyridine rings is 1. The molecule has 0 bridgehead atoms. The highest BCUT2D eigenvalue weighted by atomic mass is 79.9. The lowest BCUT2D eigenvalue weighted by molar-refractivity contribution is 0.0917. The van der Waals surface area contributed by atoms with Gasteiger partial charge in [0.05, 0.1) is 22.3 Å². The second-order valence-corrected chi connectivity index (χ2v) is 10.8. The number of nitrogens with one attached hydrogen (secondary N) is 3. The van der Waals surface area contributed by atoms with Gasteiger partial charge in [-0.3, -0.25) is 15.1 Å². The molecule has 0 unspecified atom stereocenters. The highest BCUT2D eigenvalue weighted by Crippen LogP contribution is 2.29. The second kappa shape index (κ2) is 9.28. The van der Waals surface area contributed by atoms with Crippen LogP contribution in [0.3, 0.4) is 0 Å². The molecule has 2 amide bonds. The van der Waals surface area contributed by atoms with Crippen LogP contribution in [0.4, 0.5) is 15.6 Å². The molecular formula is C17H20BrN5O4S2. The Morgan fingerprint density at radius 2 is 2.00 bits per heavy atom. The van der Waals surface area contributed by atoms with E-state index in [9.17, 15) is 18.0 Å². The van der Waals surface area contributed by atoms with Crippen LogP contribution in [0.15, 0.2) is 22.1 Å². The zero-order valence-corrected chi connectivity index (χ0v) is 18.8. The van der Waals surface area contributed by atoms with Crippen LogP contribution in [0, 0.1) is 5.92 Å². The van der Waals surface area contributed by atoms with Crippen LogP contribution in [0.2, 0.25) is 0 Å². The third-order valence-electron chi connectivity index (χ3n) is 4.37. The minimum atomic E-state index is -3.35. The van der Waals surface area contributed by atoms with Crippen molar-refractivity contribution in [1.29, 1.82) is 0 Å². The van der Waals surface area contributed by atoms with E-state index in [0.29, 0.717) is 26.0 Å². The number of aromatic nitrogens is 2. The van der Waals surface area contributed by atoms with Crippen molar-refractivity contribution >= 4 is 59.9 Å². The topological polar surface area (TPSA) is 130 Å². The molecule has 0 saturated heterocycles. The molecule has 12 heteroatoms.